The molecule has 1 aromatic heterocycles. The van der Waals surface area contributed by atoms with Gasteiger partial charge in [-0.05, 0) is 53.4 Å². The van der Waals surface area contributed by atoms with Crippen molar-refractivity contribution >= 4 is 11.6 Å². The second-order valence-electron chi connectivity index (χ2n) is 7.72. The summed E-state index contributed by atoms with van der Waals surface area (Å²) in [6.07, 6.45) is 4.47. The SMILES string of the molecule is Cc1nn(C)cc1NC(=O)CC1CC(C)(C)NC(C)(C)C1. The lowest BCUT2D eigenvalue weighted by Crippen LogP contribution is -2.58. The molecular formula is C16H28N4O. The quantitative estimate of drug-likeness (QED) is 0.900. The van der Waals surface area contributed by atoms with Gasteiger partial charge in [0.15, 0.2) is 0 Å². The highest BCUT2D eigenvalue weighted by Crippen LogP contribution is 2.34. The number of carbonyl (C=O) groups is 1. The highest BCUT2D eigenvalue weighted by molar-refractivity contribution is 5.91. The molecule has 1 fully saturated rings. The molecule has 0 radical (unpaired) electrons. The summed E-state index contributed by atoms with van der Waals surface area (Å²) in [5.41, 5.74) is 1.83. The van der Waals surface area contributed by atoms with Crippen LogP contribution in [0.4, 0.5) is 5.69 Å². The maximum atomic E-state index is 12.3. The average Bonchev–Trinajstić information content (AvgIpc) is 2.51. The first kappa shape index (κ1) is 16.0. The van der Waals surface area contributed by atoms with E-state index in [9.17, 15) is 4.79 Å². The Hall–Kier alpha value is -1.36. The topological polar surface area (TPSA) is 59.0 Å². The van der Waals surface area contributed by atoms with Crippen molar-refractivity contribution in [1.82, 2.24) is 15.1 Å². The van der Waals surface area contributed by atoms with Crippen molar-refractivity contribution in [3.8, 4) is 0 Å². The number of hydrogen-bond acceptors (Lipinski definition) is 3. The number of carbonyl (C=O) groups excluding carboxylic acids is 1. The molecule has 1 aliphatic rings. The Morgan fingerprint density at radius 1 is 1.38 bits per heavy atom. The van der Waals surface area contributed by atoms with Gasteiger partial charge in [0, 0.05) is 30.7 Å². The standard InChI is InChI=1S/C16H28N4O/c1-11-13(10-20(6)18-11)17-14(21)7-12-8-15(2,3)19-16(4,5)9-12/h10,12,19H,7-9H2,1-6H3,(H,17,21). The van der Waals surface area contributed by atoms with Crippen molar-refractivity contribution in [1.29, 1.82) is 0 Å². The van der Waals surface area contributed by atoms with Gasteiger partial charge in [0.05, 0.1) is 11.4 Å². The van der Waals surface area contributed by atoms with Gasteiger partial charge in [0.2, 0.25) is 5.91 Å². The minimum absolute atomic E-state index is 0.0803. The molecule has 0 bridgehead atoms. The molecule has 5 nitrogen and oxygen atoms in total. The molecule has 0 aromatic carbocycles. The third kappa shape index (κ3) is 4.30. The Bertz CT molecular complexity index is 514. The van der Waals surface area contributed by atoms with Crippen LogP contribution in [0.1, 0.15) is 52.7 Å². The number of amides is 1. The maximum absolute atomic E-state index is 12.3. The summed E-state index contributed by atoms with van der Waals surface area (Å²) in [5, 5.41) is 10.9. The fraction of sp³-hybridized carbons (Fsp3) is 0.750. The van der Waals surface area contributed by atoms with Gasteiger partial charge in [-0.2, -0.15) is 5.10 Å². The molecule has 21 heavy (non-hydrogen) atoms. The van der Waals surface area contributed by atoms with Crippen molar-refractivity contribution < 1.29 is 4.79 Å². The zero-order valence-electron chi connectivity index (χ0n) is 14.1. The first-order valence-corrected chi connectivity index (χ1v) is 7.66. The van der Waals surface area contributed by atoms with Gasteiger partial charge in [-0.3, -0.25) is 9.48 Å². The van der Waals surface area contributed by atoms with Crippen LogP contribution in [0.3, 0.4) is 0 Å². The van der Waals surface area contributed by atoms with Crippen LogP contribution in [0.15, 0.2) is 6.20 Å². The normalized spacial score (nSPS) is 21.2. The molecule has 1 aliphatic heterocycles. The van der Waals surface area contributed by atoms with Crippen molar-refractivity contribution in [3.05, 3.63) is 11.9 Å². The number of piperidine rings is 1. The number of anilines is 1. The number of aromatic nitrogens is 2. The summed E-state index contributed by atoms with van der Waals surface area (Å²) < 4.78 is 1.72. The van der Waals surface area contributed by atoms with Crippen LogP contribution in [0, 0.1) is 12.8 Å². The lowest BCUT2D eigenvalue weighted by Gasteiger charge is -2.46. The molecular weight excluding hydrogens is 264 g/mol. The molecule has 0 atom stereocenters. The summed E-state index contributed by atoms with van der Waals surface area (Å²) in [7, 11) is 1.86. The van der Waals surface area contributed by atoms with E-state index in [0.717, 1.165) is 24.2 Å². The van der Waals surface area contributed by atoms with E-state index in [1.807, 2.05) is 20.2 Å². The molecule has 2 N–H and O–H groups in total. The van der Waals surface area contributed by atoms with Crippen LogP contribution in [0.25, 0.3) is 0 Å². The summed E-state index contributed by atoms with van der Waals surface area (Å²) in [6.45, 7) is 10.8. The van der Waals surface area contributed by atoms with Gasteiger partial charge >= 0.3 is 0 Å². The van der Waals surface area contributed by atoms with E-state index in [1.54, 1.807) is 4.68 Å². The first-order chi connectivity index (χ1) is 9.56. The van der Waals surface area contributed by atoms with Crippen molar-refractivity contribution in [2.75, 3.05) is 5.32 Å². The Labute approximate surface area is 127 Å². The predicted molar refractivity (Wildman–Crippen MR) is 85.2 cm³/mol. The summed E-state index contributed by atoms with van der Waals surface area (Å²) in [5.74, 6) is 0.498. The Kier molecular flexibility index (Phi) is 4.15. The van der Waals surface area contributed by atoms with Gasteiger partial charge < -0.3 is 10.6 Å². The first-order valence-electron chi connectivity index (χ1n) is 7.66. The third-order valence-electron chi connectivity index (χ3n) is 4.04. The molecule has 0 unspecified atom stereocenters. The summed E-state index contributed by atoms with van der Waals surface area (Å²) >= 11 is 0. The van der Waals surface area contributed by atoms with Gasteiger partial charge in [-0.15, -0.1) is 0 Å². The molecule has 118 valence electrons. The van der Waals surface area contributed by atoms with Crippen LogP contribution in [0.2, 0.25) is 0 Å². The van der Waals surface area contributed by atoms with Crippen LogP contribution in [-0.4, -0.2) is 26.8 Å². The monoisotopic (exact) mass is 292 g/mol. The lowest BCUT2D eigenvalue weighted by molar-refractivity contribution is -0.117. The summed E-state index contributed by atoms with van der Waals surface area (Å²) in [6, 6.07) is 0. The van der Waals surface area contributed by atoms with Crippen LogP contribution < -0.4 is 10.6 Å². The van der Waals surface area contributed by atoms with E-state index < -0.39 is 0 Å². The predicted octanol–water partition coefficient (Wildman–Crippen LogP) is 2.61. The van der Waals surface area contributed by atoms with Gasteiger partial charge in [0.1, 0.15) is 0 Å². The number of rotatable bonds is 3. The van der Waals surface area contributed by atoms with Crippen LogP contribution >= 0.6 is 0 Å². The van der Waals surface area contributed by atoms with Crippen molar-refractivity contribution in [2.24, 2.45) is 13.0 Å². The summed E-state index contributed by atoms with van der Waals surface area (Å²) in [4.78, 5) is 12.3. The Morgan fingerprint density at radius 3 is 2.43 bits per heavy atom. The molecule has 1 saturated heterocycles. The zero-order chi connectivity index (χ0) is 15.8. The number of nitrogens with zero attached hydrogens (tertiary/aromatic N) is 2. The van der Waals surface area contributed by atoms with E-state index in [-0.39, 0.29) is 17.0 Å². The molecule has 5 heteroatoms. The molecule has 0 aliphatic carbocycles. The smallest absolute Gasteiger partial charge is 0.224 e. The fourth-order valence-corrected chi connectivity index (χ4v) is 3.86. The number of nitrogens with one attached hydrogen (secondary N) is 2. The minimum atomic E-state index is 0.0803. The van der Waals surface area contributed by atoms with E-state index in [2.05, 4.69) is 43.4 Å². The molecule has 0 saturated carbocycles. The average molecular weight is 292 g/mol. The second-order valence-corrected chi connectivity index (χ2v) is 7.72. The van der Waals surface area contributed by atoms with Gasteiger partial charge in [0.25, 0.3) is 0 Å². The van der Waals surface area contributed by atoms with Gasteiger partial charge in [-0.1, -0.05) is 0 Å². The highest BCUT2D eigenvalue weighted by atomic mass is 16.1. The maximum Gasteiger partial charge on any atom is 0.224 e. The molecule has 2 heterocycles. The van der Waals surface area contributed by atoms with E-state index in [1.165, 1.54) is 0 Å². The Morgan fingerprint density at radius 2 is 1.95 bits per heavy atom. The third-order valence-corrected chi connectivity index (χ3v) is 4.04. The van der Waals surface area contributed by atoms with Gasteiger partial charge in [-0.25, -0.2) is 0 Å². The number of hydrogen-bond donors (Lipinski definition) is 2. The highest BCUT2D eigenvalue weighted by Gasteiger charge is 2.38. The fourth-order valence-electron chi connectivity index (χ4n) is 3.86. The largest absolute Gasteiger partial charge is 0.323 e. The van der Waals surface area contributed by atoms with Crippen molar-refractivity contribution in [2.45, 2.75) is 65.0 Å². The second kappa shape index (κ2) is 5.44. The van der Waals surface area contributed by atoms with Crippen LogP contribution in [-0.2, 0) is 11.8 Å². The Balaban J connectivity index is 1.97. The molecule has 0 spiro atoms. The van der Waals surface area contributed by atoms with Crippen molar-refractivity contribution in [3.63, 3.8) is 0 Å². The van der Waals surface area contributed by atoms with Crippen LogP contribution in [0.5, 0.6) is 0 Å². The minimum Gasteiger partial charge on any atom is -0.323 e. The molecule has 1 amide bonds. The molecule has 2 rings (SSSR count). The van der Waals surface area contributed by atoms with E-state index in [4.69, 9.17) is 0 Å². The van der Waals surface area contributed by atoms with E-state index in [0.29, 0.717) is 12.3 Å². The van der Waals surface area contributed by atoms with E-state index >= 15 is 0 Å². The molecule has 1 aromatic rings. The zero-order valence-corrected chi connectivity index (χ0v) is 14.1. The number of aryl methyl sites for hydroxylation is 2. The lowest BCUT2D eigenvalue weighted by atomic mass is 9.74.